The van der Waals surface area contributed by atoms with Crippen molar-refractivity contribution in [3.8, 4) is 5.75 Å². The fourth-order valence-electron chi connectivity index (χ4n) is 4.16. The Balaban J connectivity index is 1.23. The maximum absolute atomic E-state index is 13.0. The summed E-state index contributed by atoms with van der Waals surface area (Å²) in [4.78, 5) is 21.1. The lowest BCUT2D eigenvalue weighted by molar-refractivity contribution is -0.155. The van der Waals surface area contributed by atoms with E-state index in [0.29, 0.717) is 18.9 Å². The molecule has 1 amide bonds. The van der Waals surface area contributed by atoms with Crippen molar-refractivity contribution in [1.82, 2.24) is 19.4 Å². The minimum absolute atomic E-state index is 0.0560. The molecule has 1 aromatic heterocycles. The Morgan fingerprint density at radius 2 is 1.97 bits per heavy atom. The molecule has 8 heteroatoms. The van der Waals surface area contributed by atoms with Crippen LogP contribution in [0.15, 0.2) is 36.7 Å². The molecule has 0 radical (unpaired) electrons. The topological polar surface area (TPSA) is 59.8 Å². The Morgan fingerprint density at radius 1 is 1.20 bits per heavy atom. The number of hydrogen-bond donors (Lipinski definition) is 0. The Kier molecular flexibility index (Phi) is 6.64. The van der Waals surface area contributed by atoms with Crippen LogP contribution in [0.3, 0.4) is 0 Å². The van der Waals surface area contributed by atoms with Gasteiger partial charge < -0.3 is 23.8 Å². The molecule has 30 heavy (non-hydrogen) atoms. The fourth-order valence-corrected chi connectivity index (χ4v) is 4.16. The van der Waals surface area contributed by atoms with Crippen molar-refractivity contribution in [3.63, 3.8) is 0 Å². The molecule has 3 heterocycles. The van der Waals surface area contributed by atoms with E-state index in [1.54, 1.807) is 12.1 Å². The number of piperidine rings is 1. The second kappa shape index (κ2) is 9.57. The molecule has 0 bridgehead atoms. The summed E-state index contributed by atoms with van der Waals surface area (Å²) in [6, 6.07) is 6.19. The number of morpholine rings is 1. The van der Waals surface area contributed by atoms with Gasteiger partial charge in [0.25, 0.3) is 0 Å². The first-order chi connectivity index (χ1) is 14.6. The molecule has 0 N–H and O–H groups in total. The highest BCUT2D eigenvalue weighted by Crippen LogP contribution is 2.21. The SMILES string of the molecule is Cc1nccn1CCN1CCC(N2C[C@H](COc3ccc(F)cc3)OCC2=O)CC1. The van der Waals surface area contributed by atoms with Gasteiger partial charge in [-0.25, -0.2) is 9.37 Å². The van der Waals surface area contributed by atoms with Gasteiger partial charge in [0.1, 0.15) is 36.7 Å². The van der Waals surface area contributed by atoms with Gasteiger partial charge in [-0.3, -0.25) is 4.79 Å². The summed E-state index contributed by atoms with van der Waals surface area (Å²) >= 11 is 0. The van der Waals surface area contributed by atoms with Gasteiger partial charge in [-0.1, -0.05) is 0 Å². The van der Waals surface area contributed by atoms with Crippen molar-refractivity contribution >= 4 is 5.91 Å². The normalized spacial score (nSPS) is 21.2. The molecule has 2 aromatic rings. The minimum atomic E-state index is -0.292. The number of hydrogen-bond acceptors (Lipinski definition) is 5. The van der Waals surface area contributed by atoms with E-state index in [1.165, 1.54) is 12.1 Å². The third-order valence-corrected chi connectivity index (χ3v) is 5.99. The van der Waals surface area contributed by atoms with Crippen molar-refractivity contribution in [2.24, 2.45) is 0 Å². The molecule has 2 fully saturated rings. The Hall–Kier alpha value is -2.45. The molecule has 0 spiro atoms. The summed E-state index contributed by atoms with van der Waals surface area (Å²) in [5.41, 5.74) is 0. The molecule has 0 unspecified atom stereocenters. The van der Waals surface area contributed by atoms with Crippen LogP contribution in [0.2, 0.25) is 0 Å². The van der Waals surface area contributed by atoms with Crippen molar-refractivity contribution in [2.75, 3.05) is 39.4 Å². The first-order valence-electron chi connectivity index (χ1n) is 10.6. The van der Waals surface area contributed by atoms with E-state index in [1.807, 2.05) is 24.2 Å². The van der Waals surface area contributed by atoms with E-state index >= 15 is 0 Å². The molecule has 1 atom stereocenters. The molecule has 0 saturated carbocycles. The van der Waals surface area contributed by atoms with Crippen molar-refractivity contribution in [2.45, 2.75) is 38.5 Å². The summed E-state index contributed by atoms with van der Waals surface area (Å²) in [6.45, 7) is 6.91. The number of imidazole rings is 1. The standard InChI is InChI=1S/C22H29FN4O3/c1-17-24-8-11-26(17)13-12-25-9-6-19(7-10-25)27-14-21(30-16-22(27)28)15-29-20-4-2-18(23)3-5-20/h2-5,8,11,19,21H,6-7,9-10,12-16H2,1H3/t21-/m1/s1. The number of aryl methyl sites for hydroxylation is 1. The number of likely N-dealkylation sites (tertiary alicyclic amines) is 1. The second-order valence-electron chi connectivity index (χ2n) is 7.98. The highest BCUT2D eigenvalue weighted by atomic mass is 19.1. The van der Waals surface area contributed by atoms with Crippen LogP contribution in [0.4, 0.5) is 4.39 Å². The first kappa shape index (κ1) is 20.8. The molecule has 162 valence electrons. The highest BCUT2D eigenvalue weighted by Gasteiger charge is 2.33. The maximum Gasteiger partial charge on any atom is 0.248 e. The van der Waals surface area contributed by atoms with E-state index in [9.17, 15) is 9.18 Å². The van der Waals surface area contributed by atoms with E-state index in [-0.39, 0.29) is 30.5 Å². The quantitative estimate of drug-likeness (QED) is 0.692. The molecule has 1 aromatic carbocycles. The number of halogens is 1. The fraction of sp³-hybridized carbons (Fsp3) is 0.545. The Morgan fingerprint density at radius 3 is 2.67 bits per heavy atom. The number of rotatable bonds is 7. The summed E-state index contributed by atoms with van der Waals surface area (Å²) in [6.07, 6.45) is 5.63. The van der Waals surface area contributed by atoms with Gasteiger partial charge >= 0.3 is 0 Å². The lowest BCUT2D eigenvalue weighted by Crippen LogP contribution is -2.55. The monoisotopic (exact) mass is 416 g/mol. The lowest BCUT2D eigenvalue weighted by Gasteiger charge is -2.42. The molecule has 2 aliphatic heterocycles. The first-order valence-corrected chi connectivity index (χ1v) is 10.6. The van der Waals surface area contributed by atoms with Crippen molar-refractivity contribution in [3.05, 3.63) is 48.3 Å². The van der Waals surface area contributed by atoms with Gasteiger partial charge in [0.2, 0.25) is 5.91 Å². The van der Waals surface area contributed by atoms with E-state index < -0.39 is 0 Å². The molecule has 0 aliphatic carbocycles. The second-order valence-corrected chi connectivity index (χ2v) is 7.98. The van der Waals surface area contributed by atoms with Gasteiger partial charge in [0.05, 0.1) is 6.54 Å². The van der Waals surface area contributed by atoms with E-state index in [0.717, 1.165) is 44.8 Å². The zero-order valence-corrected chi connectivity index (χ0v) is 17.4. The van der Waals surface area contributed by atoms with Crippen LogP contribution >= 0.6 is 0 Å². The number of ether oxygens (including phenoxy) is 2. The average Bonchev–Trinajstić information content (AvgIpc) is 3.18. The molecular weight excluding hydrogens is 387 g/mol. The number of carbonyl (C=O) groups is 1. The van der Waals surface area contributed by atoms with Gasteiger partial charge in [0, 0.05) is 44.6 Å². The van der Waals surface area contributed by atoms with Crippen LogP contribution in [-0.4, -0.2) is 76.8 Å². The number of benzene rings is 1. The summed E-state index contributed by atoms with van der Waals surface area (Å²) in [7, 11) is 0. The molecule has 2 aliphatic rings. The van der Waals surface area contributed by atoms with Crippen LogP contribution in [-0.2, 0) is 16.1 Å². The lowest BCUT2D eigenvalue weighted by atomic mass is 10.0. The summed E-state index contributed by atoms with van der Waals surface area (Å²) < 4.78 is 26.6. The van der Waals surface area contributed by atoms with Crippen molar-refractivity contribution in [1.29, 1.82) is 0 Å². The summed E-state index contributed by atoms with van der Waals surface area (Å²) in [5.74, 6) is 1.41. The summed E-state index contributed by atoms with van der Waals surface area (Å²) in [5, 5.41) is 0. The molecule has 2 saturated heterocycles. The molecule has 7 nitrogen and oxygen atoms in total. The van der Waals surface area contributed by atoms with Crippen LogP contribution < -0.4 is 4.74 Å². The predicted octanol–water partition coefficient (Wildman–Crippen LogP) is 2.10. The average molecular weight is 416 g/mol. The largest absolute Gasteiger partial charge is 0.491 e. The third kappa shape index (κ3) is 5.17. The minimum Gasteiger partial charge on any atom is -0.491 e. The zero-order chi connectivity index (χ0) is 20.9. The van der Waals surface area contributed by atoms with Crippen LogP contribution in [0.1, 0.15) is 18.7 Å². The van der Waals surface area contributed by atoms with Crippen LogP contribution in [0.25, 0.3) is 0 Å². The van der Waals surface area contributed by atoms with Crippen molar-refractivity contribution < 1.29 is 18.7 Å². The highest BCUT2D eigenvalue weighted by molar-refractivity contribution is 5.78. The Bertz CT molecular complexity index is 833. The van der Waals surface area contributed by atoms with E-state index in [2.05, 4.69) is 14.5 Å². The van der Waals surface area contributed by atoms with Gasteiger partial charge in [-0.2, -0.15) is 0 Å². The molecular formula is C22H29FN4O3. The number of carbonyl (C=O) groups excluding carboxylic acids is 1. The molecule has 4 rings (SSSR count). The maximum atomic E-state index is 13.0. The number of aromatic nitrogens is 2. The smallest absolute Gasteiger partial charge is 0.248 e. The van der Waals surface area contributed by atoms with Crippen LogP contribution in [0.5, 0.6) is 5.75 Å². The zero-order valence-electron chi connectivity index (χ0n) is 17.4. The van der Waals surface area contributed by atoms with E-state index in [4.69, 9.17) is 9.47 Å². The van der Waals surface area contributed by atoms with Gasteiger partial charge in [-0.15, -0.1) is 0 Å². The Labute approximate surface area is 176 Å². The van der Waals surface area contributed by atoms with Gasteiger partial charge in [-0.05, 0) is 44.0 Å². The van der Waals surface area contributed by atoms with Crippen LogP contribution in [0, 0.1) is 12.7 Å². The van der Waals surface area contributed by atoms with Gasteiger partial charge in [0.15, 0.2) is 0 Å². The number of nitrogens with zero attached hydrogens (tertiary/aromatic N) is 4. The predicted molar refractivity (Wildman–Crippen MR) is 110 cm³/mol. The number of amides is 1. The third-order valence-electron chi connectivity index (χ3n) is 5.99.